The lowest BCUT2D eigenvalue weighted by molar-refractivity contribution is -0.129. The molecule has 0 radical (unpaired) electrons. The summed E-state index contributed by atoms with van der Waals surface area (Å²) in [4.78, 5) is 24.6. The summed E-state index contributed by atoms with van der Waals surface area (Å²) in [7, 11) is 0. The lowest BCUT2D eigenvalue weighted by Crippen LogP contribution is -2.53. The zero-order valence-corrected chi connectivity index (χ0v) is 16.3. The second-order valence-electron chi connectivity index (χ2n) is 9.80. The summed E-state index contributed by atoms with van der Waals surface area (Å²) in [5, 5.41) is 0. The molecule has 0 N–H and O–H groups in total. The van der Waals surface area contributed by atoms with Crippen molar-refractivity contribution in [2.24, 2.45) is 46.3 Å². The van der Waals surface area contributed by atoms with Crippen LogP contribution in [0.3, 0.4) is 0 Å². The minimum absolute atomic E-state index is 0.0996. The standard InChI is InChI=1S/C23H32O2/c1-13-14(2)23(5)16(12-21(13)25)6-7-17-19-9-8-18(15(3)24)22(19,4)11-10-20(17)23/h6-7,12-14,17-20H,8-11H2,1-5H3/t13?,14?,17?,18-,19+,20-,22?,23-/m1/s1. The quantitative estimate of drug-likeness (QED) is 0.674. The highest BCUT2D eigenvalue weighted by atomic mass is 16.1. The van der Waals surface area contributed by atoms with Gasteiger partial charge in [-0.15, -0.1) is 0 Å². The molecule has 2 fully saturated rings. The van der Waals surface area contributed by atoms with Gasteiger partial charge in [-0.1, -0.05) is 39.8 Å². The van der Waals surface area contributed by atoms with Crippen LogP contribution in [0.5, 0.6) is 0 Å². The number of hydrogen-bond acceptors (Lipinski definition) is 2. The molecule has 0 spiro atoms. The number of hydrogen-bond donors (Lipinski definition) is 0. The van der Waals surface area contributed by atoms with E-state index in [0.29, 0.717) is 35.2 Å². The van der Waals surface area contributed by atoms with E-state index in [-0.39, 0.29) is 22.7 Å². The molecule has 0 aliphatic heterocycles. The molecule has 4 unspecified atom stereocenters. The molecular weight excluding hydrogens is 308 g/mol. The number of carbonyl (C=O) groups excluding carboxylic acids is 2. The Labute approximate surface area is 152 Å². The summed E-state index contributed by atoms with van der Waals surface area (Å²) in [5.74, 6) is 3.22. The van der Waals surface area contributed by atoms with Crippen molar-refractivity contribution in [1.82, 2.24) is 0 Å². The maximum atomic E-state index is 12.4. The van der Waals surface area contributed by atoms with E-state index in [9.17, 15) is 9.59 Å². The molecule has 8 atom stereocenters. The first-order valence-electron chi connectivity index (χ1n) is 10.2. The van der Waals surface area contributed by atoms with Crippen molar-refractivity contribution in [2.45, 2.75) is 60.3 Å². The molecule has 4 rings (SSSR count). The van der Waals surface area contributed by atoms with Gasteiger partial charge in [0, 0.05) is 11.8 Å². The fourth-order valence-electron chi connectivity index (χ4n) is 7.29. The Morgan fingerprint density at radius 1 is 1.12 bits per heavy atom. The second kappa shape index (κ2) is 5.41. The van der Waals surface area contributed by atoms with Crippen LogP contribution >= 0.6 is 0 Å². The molecule has 0 bridgehead atoms. The Bertz CT molecular complexity index is 686. The third-order valence-electron chi connectivity index (χ3n) is 9.16. The average molecular weight is 341 g/mol. The second-order valence-corrected chi connectivity index (χ2v) is 9.80. The van der Waals surface area contributed by atoms with Crippen LogP contribution in [0.2, 0.25) is 0 Å². The first-order valence-corrected chi connectivity index (χ1v) is 10.2. The molecule has 0 amide bonds. The fraction of sp³-hybridized carbons (Fsp3) is 0.739. The number of fused-ring (bicyclic) bond motifs is 5. The highest BCUT2D eigenvalue weighted by molar-refractivity contribution is 5.94. The van der Waals surface area contributed by atoms with Crippen LogP contribution in [0.1, 0.15) is 60.3 Å². The van der Waals surface area contributed by atoms with Gasteiger partial charge in [-0.2, -0.15) is 0 Å². The highest BCUT2D eigenvalue weighted by Gasteiger charge is 2.60. The lowest BCUT2D eigenvalue weighted by atomic mass is 9.45. The Morgan fingerprint density at radius 2 is 1.84 bits per heavy atom. The number of allylic oxidation sites excluding steroid dienone is 4. The van der Waals surface area contributed by atoms with Gasteiger partial charge in [-0.05, 0) is 78.8 Å². The maximum absolute atomic E-state index is 12.4. The normalized spacial score (nSPS) is 51.4. The minimum atomic E-state index is 0.0996. The lowest BCUT2D eigenvalue weighted by Gasteiger charge is -2.58. The summed E-state index contributed by atoms with van der Waals surface area (Å²) in [5.41, 5.74) is 1.53. The molecule has 0 aromatic heterocycles. The van der Waals surface area contributed by atoms with E-state index in [1.807, 2.05) is 6.08 Å². The van der Waals surface area contributed by atoms with Gasteiger partial charge in [0.15, 0.2) is 5.78 Å². The number of ketones is 2. The third kappa shape index (κ3) is 2.09. The summed E-state index contributed by atoms with van der Waals surface area (Å²) in [6, 6.07) is 0. The largest absolute Gasteiger partial charge is 0.300 e. The van der Waals surface area contributed by atoms with Gasteiger partial charge in [0.2, 0.25) is 0 Å². The number of carbonyl (C=O) groups is 2. The van der Waals surface area contributed by atoms with Crippen molar-refractivity contribution in [3.05, 3.63) is 23.8 Å². The molecule has 136 valence electrons. The number of rotatable bonds is 1. The highest BCUT2D eigenvalue weighted by Crippen LogP contribution is 2.66. The average Bonchev–Trinajstić information content (AvgIpc) is 2.92. The van der Waals surface area contributed by atoms with E-state index >= 15 is 0 Å². The van der Waals surface area contributed by atoms with Crippen molar-refractivity contribution in [3.63, 3.8) is 0 Å². The van der Waals surface area contributed by atoms with Crippen molar-refractivity contribution in [2.75, 3.05) is 0 Å². The molecule has 0 heterocycles. The summed E-state index contributed by atoms with van der Waals surface area (Å²) < 4.78 is 0. The molecule has 0 aromatic carbocycles. The van der Waals surface area contributed by atoms with E-state index in [4.69, 9.17) is 0 Å². The van der Waals surface area contributed by atoms with Gasteiger partial charge in [0.25, 0.3) is 0 Å². The topological polar surface area (TPSA) is 34.1 Å². The van der Waals surface area contributed by atoms with E-state index in [1.54, 1.807) is 6.92 Å². The molecule has 2 nitrogen and oxygen atoms in total. The summed E-state index contributed by atoms with van der Waals surface area (Å²) in [6.07, 6.45) is 11.2. The molecule has 2 heteroatoms. The molecule has 4 aliphatic rings. The van der Waals surface area contributed by atoms with Crippen molar-refractivity contribution >= 4 is 11.6 Å². The zero-order chi connectivity index (χ0) is 18.1. The van der Waals surface area contributed by atoms with Crippen LogP contribution in [0.25, 0.3) is 0 Å². The van der Waals surface area contributed by atoms with Gasteiger partial charge in [0.05, 0.1) is 0 Å². The summed E-state index contributed by atoms with van der Waals surface area (Å²) in [6.45, 7) is 11.0. The van der Waals surface area contributed by atoms with Gasteiger partial charge in [-0.25, -0.2) is 0 Å². The molecule has 0 aromatic rings. The first kappa shape index (κ1) is 17.2. The Balaban J connectivity index is 1.76. The van der Waals surface area contributed by atoms with E-state index in [1.165, 1.54) is 18.4 Å². The molecular formula is C23H32O2. The molecule has 4 aliphatic carbocycles. The predicted octanol–water partition coefficient (Wildman–Crippen LogP) is 4.99. The smallest absolute Gasteiger partial charge is 0.159 e. The molecule has 25 heavy (non-hydrogen) atoms. The van der Waals surface area contributed by atoms with Crippen LogP contribution in [-0.4, -0.2) is 11.6 Å². The summed E-state index contributed by atoms with van der Waals surface area (Å²) >= 11 is 0. The Morgan fingerprint density at radius 3 is 2.52 bits per heavy atom. The Hall–Kier alpha value is -1.18. The number of Topliss-reactive ketones (excluding diaryl/α,β-unsaturated/α-hetero) is 1. The van der Waals surface area contributed by atoms with Gasteiger partial charge < -0.3 is 0 Å². The predicted molar refractivity (Wildman–Crippen MR) is 99.9 cm³/mol. The first-order chi connectivity index (χ1) is 11.7. The van der Waals surface area contributed by atoms with Gasteiger partial charge in [-0.3, -0.25) is 9.59 Å². The maximum Gasteiger partial charge on any atom is 0.159 e. The van der Waals surface area contributed by atoms with Crippen molar-refractivity contribution < 1.29 is 9.59 Å². The van der Waals surface area contributed by atoms with Crippen LogP contribution in [0, 0.1) is 46.3 Å². The van der Waals surface area contributed by atoms with E-state index in [0.717, 1.165) is 12.8 Å². The molecule has 2 saturated carbocycles. The van der Waals surface area contributed by atoms with Crippen LogP contribution in [0.4, 0.5) is 0 Å². The SMILES string of the molecule is CC(=O)[C@H]1CC[C@H]2C3C=CC4=CC(=O)C(C)C(C)[C@@]4(C)[C@@H]3CCC12C. The van der Waals surface area contributed by atoms with Crippen LogP contribution < -0.4 is 0 Å². The Kier molecular flexibility index (Phi) is 3.73. The van der Waals surface area contributed by atoms with E-state index < -0.39 is 0 Å². The monoisotopic (exact) mass is 340 g/mol. The van der Waals surface area contributed by atoms with Crippen molar-refractivity contribution in [1.29, 1.82) is 0 Å². The van der Waals surface area contributed by atoms with E-state index in [2.05, 4.69) is 39.8 Å². The molecule has 0 saturated heterocycles. The fourth-order valence-corrected chi connectivity index (χ4v) is 7.29. The van der Waals surface area contributed by atoms with Crippen LogP contribution in [0.15, 0.2) is 23.8 Å². The van der Waals surface area contributed by atoms with Crippen LogP contribution in [-0.2, 0) is 9.59 Å². The zero-order valence-electron chi connectivity index (χ0n) is 16.3. The third-order valence-corrected chi connectivity index (χ3v) is 9.16. The minimum Gasteiger partial charge on any atom is -0.300 e. The van der Waals surface area contributed by atoms with Gasteiger partial charge >= 0.3 is 0 Å². The van der Waals surface area contributed by atoms with Gasteiger partial charge in [0.1, 0.15) is 5.78 Å². The van der Waals surface area contributed by atoms with Crippen molar-refractivity contribution in [3.8, 4) is 0 Å².